The largest absolute Gasteiger partial charge is 0.314 e. The normalized spacial score (nSPS) is 25.7. The predicted octanol–water partition coefficient (Wildman–Crippen LogP) is 3.59. The van der Waals surface area contributed by atoms with E-state index >= 15 is 0 Å². The van der Waals surface area contributed by atoms with Crippen molar-refractivity contribution >= 4 is 11.6 Å². The lowest BCUT2D eigenvalue weighted by molar-refractivity contribution is 0.492. The molecule has 1 aromatic rings. The first-order valence-corrected chi connectivity index (χ1v) is 6.18. The van der Waals surface area contributed by atoms with E-state index in [1.807, 2.05) is 6.07 Å². The summed E-state index contributed by atoms with van der Waals surface area (Å²) in [5, 5.41) is 4.43. The molecule has 0 amide bonds. The van der Waals surface area contributed by atoms with Crippen LogP contribution in [0.2, 0.25) is 5.02 Å². The van der Waals surface area contributed by atoms with E-state index < -0.39 is 0 Å². The summed E-state index contributed by atoms with van der Waals surface area (Å²) in [5.74, 6) is 0.656. The van der Waals surface area contributed by atoms with E-state index in [2.05, 4.69) is 30.4 Å². The van der Waals surface area contributed by atoms with Gasteiger partial charge in [-0.2, -0.15) is 0 Å². The second kappa shape index (κ2) is 5.00. The Hall–Kier alpha value is -0.530. The zero-order valence-corrected chi connectivity index (χ0v) is 9.93. The summed E-state index contributed by atoms with van der Waals surface area (Å²) >= 11 is 6.03. The zero-order chi connectivity index (χ0) is 10.7. The van der Waals surface area contributed by atoms with Gasteiger partial charge >= 0.3 is 0 Å². The van der Waals surface area contributed by atoms with Crippen LogP contribution in [0.15, 0.2) is 24.3 Å². The fourth-order valence-corrected chi connectivity index (χ4v) is 2.80. The number of nitrogens with one attached hydrogen (secondary N) is 1. The maximum atomic E-state index is 6.03. The smallest absolute Gasteiger partial charge is 0.0408 e. The average molecular weight is 224 g/mol. The van der Waals surface area contributed by atoms with Gasteiger partial charge in [0.1, 0.15) is 0 Å². The molecule has 1 nitrogen and oxygen atoms in total. The number of halogens is 1. The number of benzene rings is 1. The van der Waals surface area contributed by atoms with Crippen LogP contribution in [0.3, 0.4) is 0 Å². The van der Waals surface area contributed by atoms with Gasteiger partial charge in [-0.3, -0.25) is 0 Å². The van der Waals surface area contributed by atoms with E-state index in [0.29, 0.717) is 12.0 Å². The average Bonchev–Trinajstić information content (AvgIpc) is 2.66. The lowest BCUT2D eigenvalue weighted by Gasteiger charge is -2.20. The second-order valence-electron chi connectivity index (χ2n) is 4.26. The van der Waals surface area contributed by atoms with Gasteiger partial charge in [0.05, 0.1) is 0 Å². The molecule has 2 unspecified atom stereocenters. The van der Waals surface area contributed by atoms with Gasteiger partial charge in [-0.05, 0) is 43.0 Å². The number of hydrogen-bond acceptors (Lipinski definition) is 1. The van der Waals surface area contributed by atoms with E-state index in [-0.39, 0.29) is 0 Å². The summed E-state index contributed by atoms with van der Waals surface area (Å²) in [5.41, 5.74) is 1.39. The third-order valence-electron chi connectivity index (χ3n) is 3.26. The van der Waals surface area contributed by atoms with E-state index in [1.54, 1.807) is 0 Å². The van der Waals surface area contributed by atoms with Gasteiger partial charge < -0.3 is 5.32 Å². The van der Waals surface area contributed by atoms with Gasteiger partial charge in [0.2, 0.25) is 0 Å². The molecule has 0 aromatic heterocycles. The maximum absolute atomic E-state index is 6.03. The molecule has 1 saturated carbocycles. The molecule has 82 valence electrons. The van der Waals surface area contributed by atoms with E-state index in [1.165, 1.54) is 24.8 Å². The highest BCUT2D eigenvalue weighted by molar-refractivity contribution is 6.30. The zero-order valence-electron chi connectivity index (χ0n) is 9.17. The van der Waals surface area contributed by atoms with Gasteiger partial charge in [-0.25, -0.2) is 0 Å². The van der Waals surface area contributed by atoms with Gasteiger partial charge in [-0.1, -0.05) is 37.1 Å². The van der Waals surface area contributed by atoms with Gasteiger partial charge in [-0.15, -0.1) is 0 Å². The van der Waals surface area contributed by atoms with Gasteiger partial charge in [0.15, 0.2) is 0 Å². The Morgan fingerprint density at radius 1 is 1.40 bits per heavy atom. The van der Waals surface area contributed by atoms with Crippen LogP contribution in [0, 0.1) is 0 Å². The monoisotopic (exact) mass is 223 g/mol. The highest BCUT2D eigenvalue weighted by Crippen LogP contribution is 2.35. The second-order valence-corrected chi connectivity index (χ2v) is 4.69. The Labute approximate surface area is 96.8 Å². The Morgan fingerprint density at radius 2 is 2.27 bits per heavy atom. The summed E-state index contributed by atoms with van der Waals surface area (Å²) in [6, 6.07) is 8.96. The lowest BCUT2D eigenvalue weighted by Crippen LogP contribution is -2.30. The fraction of sp³-hybridized carbons (Fsp3) is 0.538. The summed E-state index contributed by atoms with van der Waals surface area (Å²) in [4.78, 5) is 0. The van der Waals surface area contributed by atoms with Crippen molar-refractivity contribution in [2.75, 3.05) is 6.54 Å². The molecule has 1 N–H and O–H groups in total. The SMILES string of the molecule is CCNC1CCCC1c1cccc(Cl)c1. The molecule has 15 heavy (non-hydrogen) atoms. The van der Waals surface area contributed by atoms with E-state index in [0.717, 1.165) is 11.6 Å². The van der Waals surface area contributed by atoms with E-state index in [4.69, 9.17) is 11.6 Å². The van der Waals surface area contributed by atoms with Crippen molar-refractivity contribution < 1.29 is 0 Å². The van der Waals surface area contributed by atoms with E-state index in [9.17, 15) is 0 Å². The predicted molar refractivity (Wildman–Crippen MR) is 65.5 cm³/mol. The minimum Gasteiger partial charge on any atom is -0.314 e. The quantitative estimate of drug-likeness (QED) is 0.826. The van der Waals surface area contributed by atoms with Crippen molar-refractivity contribution in [3.63, 3.8) is 0 Å². The first kappa shape index (κ1) is 11.0. The first-order valence-electron chi connectivity index (χ1n) is 5.80. The van der Waals surface area contributed by atoms with Crippen LogP contribution in [-0.4, -0.2) is 12.6 Å². The molecule has 2 heteroatoms. The molecule has 1 aromatic carbocycles. The molecular weight excluding hydrogens is 206 g/mol. The van der Waals surface area contributed by atoms with Crippen LogP contribution < -0.4 is 5.32 Å². The molecule has 0 heterocycles. The van der Waals surface area contributed by atoms with Gasteiger partial charge in [0, 0.05) is 11.1 Å². The molecule has 0 bridgehead atoms. The molecular formula is C13H18ClN. The minimum atomic E-state index is 0.647. The third kappa shape index (κ3) is 2.53. The number of hydrogen-bond donors (Lipinski definition) is 1. The van der Waals surface area contributed by atoms with Crippen LogP contribution >= 0.6 is 11.6 Å². The van der Waals surface area contributed by atoms with Crippen molar-refractivity contribution in [1.29, 1.82) is 0 Å². The minimum absolute atomic E-state index is 0.647. The molecule has 1 aliphatic carbocycles. The standard InChI is InChI=1S/C13H18ClN/c1-2-15-13-8-4-7-12(13)10-5-3-6-11(14)9-10/h3,5-6,9,12-13,15H,2,4,7-8H2,1H3. The van der Waals surface area contributed by atoms with Crippen LogP contribution in [0.1, 0.15) is 37.7 Å². The highest BCUT2D eigenvalue weighted by atomic mass is 35.5. The number of rotatable bonds is 3. The molecule has 1 aliphatic rings. The van der Waals surface area contributed by atoms with Crippen LogP contribution in [0.4, 0.5) is 0 Å². The number of likely N-dealkylation sites (N-methyl/N-ethyl adjacent to an activating group) is 1. The van der Waals surface area contributed by atoms with Crippen molar-refractivity contribution in [3.05, 3.63) is 34.9 Å². The first-order chi connectivity index (χ1) is 7.31. The van der Waals surface area contributed by atoms with Crippen molar-refractivity contribution in [1.82, 2.24) is 5.32 Å². The summed E-state index contributed by atoms with van der Waals surface area (Å²) in [6.07, 6.45) is 3.91. The van der Waals surface area contributed by atoms with Crippen molar-refractivity contribution in [2.45, 2.75) is 38.1 Å². The topological polar surface area (TPSA) is 12.0 Å². The molecule has 1 fully saturated rings. The summed E-state index contributed by atoms with van der Waals surface area (Å²) in [7, 11) is 0. The maximum Gasteiger partial charge on any atom is 0.0408 e. The Kier molecular flexibility index (Phi) is 3.66. The van der Waals surface area contributed by atoms with Crippen molar-refractivity contribution in [2.24, 2.45) is 0 Å². The third-order valence-corrected chi connectivity index (χ3v) is 3.49. The lowest BCUT2D eigenvalue weighted by atomic mass is 9.94. The Morgan fingerprint density at radius 3 is 3.00 bits per heavy atom. The Balaban J connectivity index is 2.15. The summed E-state index contributed by atoms with van der Waals surface area (Å²) in [6.45, 7) is 3.23. The van der Waals surface area contributed by atoms with Crippen LogP contribution in [0.5, 0.6) is 0 Å². The van der Waals surface area contributed by atoms with Crippen LogP contribution in [0.25, 0.3) is 0 Å². The highest BCUT2D eigenvalue weighted by Gasteiger charge is 2.27. The molecule has 2 rings (SSSR count). The van der Waals surface area contributed by atoms with Crippen LogP contribution in [-0.2, 0) is 0 Å². The van der Waals surface area contributed by atoms with Gasteiger partial charge in [0.25, 0.3) is 0 Å². The van der Waals surface area contributed by atoms with Crippen molar-refractivity contribution in [3.8, 4) is 0 Å². The summed E-state index contributed by atoms with van der Waals surface area (Å²) < 4.78 is 0. The molecule has 0 radical (unpaired) electrons. The fourth-order valence-electron chi connectivity index (χ4n) is 2.60. The molecule has 0 saturated heterocycles. The molecule has 0 spiro atoms. The Bertz CT molecular complexity index is 324. The molecule has 2 atom stereocenters. The molecule has 0 aliphatic heterocycles.